The van der Waals surface area contributed by atoms with Gasteiger partial charge in [-0.1, -0.05) is 41.0 Å². The van der Waals surface area contributed by atoms with Gasteiger partial charge in [-0.2, -0.15) is 0 Å². The molecule has 3 rings (SSSR count). The summed E-state index contributed by atoms with van der Waals surface area (Å²) in [6.07, 6.45) is 0. The monoisotopic (exact) mass is 434 g/mol. The van der Waals surface area contributed by atoms with Crippen molar-refractivity contribution in [2.75, 3.05) is 5.32 Å². The van der Waals surface area contributed by atoms with E-state index in [1.165, 1.54) is 30.0 Å². The van der Waals surface area contributed by atoms with E-state index < -0.39 is 27.8 Å². The molecule has 0 atom stereocenters. The zero-order valence-corrected chi connectivity index (χ0v) is 16.4. The van der Waals surface area contributed by atoms with Crippen LogP contribution in [0.15, 0.2) is 70.5 Å². The summed E-state index contributed by atoms with van der Waals surface area (Å²) >= 11 is 13.6. The highest BCUT2D eigenvalue weighted by molar-refractivity contribution is 7.99. The largest absolute Gasteiger partial charge is 0.507 e. The lowest BCUT2D eigenvalue weighted by Crippen LogP contribution is -2.14. The maximum atomic E-state index is 12.4. The maximum Gasteiger partial charge on any atom is 0.285 e. The third-order valence-corrected chi connectivity index (χ3v) is 5.44. The van der Waals surface area contributed by atoms with Gasteiger partial charge in [0.2, 0.25) is 0 Å². The van der Waals surface area contributed by atoms with E-state index in [1.54, 1.807) is 24.3 Å². The average Bonchev–Trinajstić information content (AvgIpc) is 2.65. The molecule has 9 heteroatoms. The first-order valence-corrected chi connectivity index (χ1v) is 9.43. The Morgan fingerprint density at radius 1 is 1.07 bits per heavy atom. The predicted molar refractivity (Wildman–Crippen MR) is 110 cm³/mol. The molecule has 0 saturated heterocycles. The minimum Gasteiger partial charge on any atom is -0.507 e. The van der Waals surface area contributed by atoms with Crippen LogP contribution in [0.3, 0.4) is 0 Å². The summed E-state index contributed by atoms with van der Waals surface area (Å²) in [5, 5.41) is 24.5. The third-order valence-electron chi connectivity index (χ3n) is 3.68. The van der Waals surface area contributed by atoms with Gasteiger partial charge < -0.3 is 10.4 Å². The Morgan fingerprint density at radius 2 is 1.79 bits per heavy atom. The third kappa shape index (κ3) is 4.56. The van der Waals surface area contributed by atoms with Crippen LogP contribution in [0, 0.1) is 10.1 Å². The normalized spacial score (nSPS) is 10.5. The summed E-state index contributed by atoms with van der Waals surface area (Å²) in [7, 11) is 0. The van der Waals surface area contributed by atoms with E-state index in [9.17, 15) is 20.0 Å². The van der Waals surface area contributed by atoms with Crippen molar-refractivity contribution in [2.24, 2.45) is 0 Å². The molecule has 0 aliphatic rings. The minimum absolute atomic E-state index is 0.341. The van der Waals surface area contributed by atoms with Crippen molar-refractivity contribution in [3.05, 3.63) is 86.4 Å². The lowest BCUT2D eigenvalue weighted by atomic mass is 10.1. The van der Waals surface area contributed by atoms with E-state index >= 15 is 0 Å². The summed E-state index contributed by atoms with van der Waals surface area (Å²) in [5.41, 5.74) is -0.560. The summed E-state index contributed by atoms with van der Waals surface area (Å²) in [5.74, 6) is -1.29. The number of phenols is 1. The van der Waals surface area contributed by atoms with Gasteiger partial charge in [-0.05, 0) is 48.5 Å². The van der Waals surface area contributed by atoms with E-state index in [2.05, 4.69) is 5.32 Å². The number of hydrogen-bond donors (Lipinski definition) is 2. The number of nitrogens with zero attached hydrogens (tertiary/aromatic N) is 1. The average molecular weight is 435 g/mol. The molecule has 0 unspecified atom stereocenters. The molecule has 3 aromatic carbocycles. The molecular weight excluding hydrogens is 423 g/mol. The Bertz CT molecular complexity index is 1060. The molecule has 0 saturated carbocycles. The lowest BCUT2D eigenvalue weighted by Gasteiger charge is -2.10. The number of nitro groups is 1. The first-order chi connectivity index (χ1) is 13.3. The second-order valence-corrected chi connectivity index (χ2v) is 7.54. The van der Waals surface area contributed by atoms with E-state index in [0.29, 0.717) is 15.7 Å². The molecule has 0 bridgehead atoms. The van der Waals surface area contributed by atoms with Crippen molar-refractivity contribution in [2.45, 2.75) is 9.79 Å². The number of carbonyl (C=O) groups is 1. The molecule has 1 amide bonds. The van der Waals surface area contributed by atoms with Crippen LogP contribution in [0.2, 0.25) is 10.0 Å². The molecule has 0 aromatic heterocycles. The van der Waals surface area contributed by atoms with Gasteiger partial charge >= 0.3 is 0 Å². The highest BCUT2D eigenvalue weighted by Crippen LogP contribution is 2.36. The summed E-state index contributed by atoms with van der Waals surface area (Å²) in [6.45, 7) is 0. The Morgan fingerprint density at radius 3 is 2.43 bits per heavy atom. The topological polar surface area (TPSA) is 92.5 Å². The number of amides is 1. The van der Waals surface area contributed by atoms with Crippen LogP contribution >= 0.6 is 35.0 Å². The van der Waals surface area contributed by atoms with Gasteiger partial charge in [0.1, 0.15) is 5.75 Å². The first-order valence-electron chi connectivity index (χ1n) is 7.86. The van der Waals surface area contributed by atoms with Gasteiger partial charge in [-0.15, -0.1) is 0 Å². The molecular formula is C19H12Cl2N2O4S. The molecule has 0 heterocycles. The lowest BCUT2D eigenvalue weighted by molar-refractivity contribution is -0.385. The Kier molecular flexibility index (Phi) is 6.08. The summed E-state index contributed by atoms with van der Waals surface area (Å²) < 4.78 is 0. The number of phenolic OH excluding ortho intramolecular Hbond substituents is 1. The van der Waals surface area contributed by atoms with Crippen LogP contribution in [0.1, 0.15) is 10.4 Å². The summed E-state index contributed by atoms with van der Waals surface area (Å²) in [6, 6.07) is 15.8. The Hall–Kier alpha value is -2.74. The molecule has 0 radical (unpaired) electrons. The number of nitrogens with one attached hydrogen (secondary N) is 1. The number of benzene rings is 3. The molecule has 2 N–H and O–H groups in total. The number of aromatic hydroxyl groups is 1. The van der Waals surface area contributed by atoms with Crippen molar-refractivity contribution in [3.63, 3.8) is 0 Å². The molecule has 0 aliphatic heterocycles. The molecule has 0 fully saturated rings. The standard InChI is InChI=1S/C19H12Cl2N2O4S/c20-11-4-7-13(8-5-11)28-17-9-6-12(10-14(17)21)22-19(25)18-15(23(26)27)2-1-3-16(18)24/h1-10,24H,(H,22,25). The number of rotatable bonds is 5. The quantitative estimate of drug-likeness (QED) is 0.378. The fourth-order valence-corrected chi connectivity index (χ4v) is 3.64. The Balaban J connectivity index is 1.81. The van der Waals surface area contributed by atoms with Crippen LogP contribution in [0.25, 0.3) is 0 Å². The molecule has 3 aromatic rings. The van der Waals surface area contributed by atoms with Gasteiger partial charge in [-0.3, -0.25) is 14.9 Å². The van der Waals surface area contributed by atoms with E-state index in [4.69, 9.17) is 23.2 Å². The van der Waals surface area contributed by atoms with Crippen molar-refractivity contribution in [1.82, 2.24) is 0 Å². The maximum absolute atomic E-state index is 12.4. The second kappa shape index (κ2) is 8.52. The molecule has 142 valence electrons. The van der Waals surface area contributed by atoms with Gasteiger partial charge in [0, 0.05) is 26.6 Å². The van der Waals surface area contributed by atoms with Crippen molar-refractivity contribution in [3.8, 4) is 5.75 Å². The number of hydrogen-bond acceptors (Lipinski definition) is 5. The van der Waals surface area contributed by atoms with Crippen molar-refractivity contribution in [1.29, 1.82) is 0 Å². The van der Waals surface area contributed by atoms with Crippen molar-refractivity contribution >= 4 is 52.2 Å². The van der Waals surface area contributed by atoms with E-state index in [1.807, 2.05) is 12.1 Å². The van der Waals surface area contributed by atoms with Crippen LogP contribution in [0.4, 0.5) is 11.4 Å². The second-order valence-electron chi connectivity index (χ2n) is 5.58. The van der Waals surface area contributed by atoms with Crippen molar-refractivity contribution < 1.29 is 14.8 Å². The zero-order chi connectivity index (χ0) is 20.3. The van der Waals surface area contributed by atoms with E-state index in [-0.39, 0.29) is 0 Å². The highest BCUT2D eigenvalue weighted by Gasteiger charge is 2.24. The highest BCUT2D eigenvalue weighted by atomic mass is 35.5. The SMILES string of the molecule is O=C(Nc1ccc(Sc2ccc(Cl)cc2)c(Cl)c1)c1c(O)cccc1[N+](=O)[O-]. The first kappa shape index (κ1) is 20.0. The summed E-state index contributed by atoms with van der Waals surface area (Å²) in [4.78, 5) is 24.5. The smallest absolute Gasteiger partial charge is 0.285 e. The predicted octanol–water partition coefficient (Wildman–Crippen LogP) is 6.01. The molecule has 0 aliphatic carbocycles. The number of nitro benzene ring substituents is 1. The number of anilines is 1. The van der Waals surface area contributed by atoms with Gasteiger partial charge in [0.05, 0.1) is 9.95 Å². The van der Waals surface area contributed by atoms with Gasteiger partial charge in [0.15, 0.2) is 5.56 Å². The zero-order valence-electron chi connectivity index (χ0n) is 14.1. The van der Waals surface area contributed by atoms with Crippen LogP contribution in [0.5, 0.6) is 5.75 Å². The van der Waals surface area contributed by atoms with Crippen LogP contribution in [-0.2, 0) is 0 Å². The van der Waals surface area contributed by atoms with Crippen LogP contribution in [-0.4, -0.2) is 15.9 Å². The minimum atomic E-state index is -0.807. The number of carbonyl (C=O) groups excluding carboxylic acids is 1. The van der Waals surface area contributed by atoms with Gasteiger partial charge in [-0.25, -0.2) is 0 Å². The molecule has 6 nitrogen and oxygen atoms in total. The molecule has 0 spiro atoms. The van der Waals surface area contributed by atoms with Crippen LogP contribution < -0.4 is 5.32 Å². The Labute approximate surface area is 174 Å². The van der Waals surface area contributed by atoms with Gasteiger partial charge in [0.25, 0.3) is 11.6 Å². The fourth-order valence-electron chi connectivity index (χ4n) is 2.40. The van der Waals surface area contributed by atoms with E-state index in [0.717, 1.165) is 15.9 Å². The number of halogens is 2. The molecule has 28 heavy (non-hydrogen) atoms. The fraction of sp³-hybridized carbons (Fsp3) is 0.